The first-order chi connectivity index (χ1) is 4.61. The van der Waals surface area contributed by atoms with E-state index in [1.165, 1.54) is 18.3 Å². The maximum atomic E-state index is 10.8. The van der Waals surface area contributed by atoms with E-state index in [0.717, 1.165) is 5.69 Å². The average molecular weight is 193 g/mol. The van der Waals surface area contributed by atoms with Gasteiger partial charge in [0.1, 0.15) is 0 Å². The van der Waals surface area contributed by atoms with Crippen LogP contribution >= 0.6 is 23.7 Å². The molecule has 0 saturated carbocycles. The molecule has 1 heterocycles. The lowest BCUT2D eigenvalue weighted by atomic mass is 10.3. The van der Waals surface area contributed by atoms with Gasteiger partial charge in [-0.05, 0) is 6.92 Å². The van der Waals surface area contributed by atoms with Crippen molar-refractivity contribution in [3.63, 3.8) is 0 Å². The summed E-state index contributed by atoms with van der Waals surface area (Å²) < 4.78 is 0. The molecule has 0 saturated heterocycles. The Labute approximate surface area is 75.0 Å². The molecule has 1 aromatic heterocycles. The third-order valence-corrected chi connectivity index (χ3v) is 2.22. The zero-order valence-corrected chi connectivity index (χ0v) is 7.88. The second-order valence-corrected chi connectivity index (χ2v) is 3.05. The largest absolute Gasteiger partial charge is 0.375 e. The van der Waals surface area contributed by atoms with Gasteiger partial charge in [0.15, 0.2) is 10.9 Å². The van der Waals surface area contributed by atoms with Gasteiger partial charge < -0.3 is 5.73 Å². The molecule has 1 aromatic rings. The predicted octanol–water partition coefficient (Wildman–Crippen LogP) is 1.66. The molecule has 5 heteroatoms. The molecule has 0 aromatic carbocycles. The molecule has 11 heavy (non-hydrogen) atoms. The molecule has 0 radical (unpaired) electrons. The van der Waals surface area contributed by atoms with Gasteiger partial charge in [-0.25, -0.2) is 4.98 Å². The summed E-state index contributed by atoms with van der Waals surface area (Å²) in [5, 5.41) is 0.461. The van der Waals surface area contributed by atoms with Gasteiger partial charge in [0.25, 0.3) is 0 Å². The normalized spacial score (nSPS) is 8.91. The fourth-order valence-corrected chi connectivity index (χ4v) is 1.47. The molecule has 3 nitrogen and oxygen atoms in total. The zero-order chi connectivity index (χ0) is 7.72. The number of aryl methyl sites for hydroxylation is 1. The summed E-state index contributed by atoms with van der Waals surface area (Å²) in [7, 11) is 0. The molecule has 62 valence electrons. The monoisotopic (exact) mass is 192 g/mol. The van der Waals surface area contributed by atoms with Crippen LogP contribution in [0.25, 0.3) is 0 Å². The number of carbonyl (C=O) groups is 1. The molecule has 0 aliphatic carbocycles. The van der Waals surface area contributed by atoms with Crippen molar-refractivity contribution in [2.24, 2.45) is 0 Å². The first-order valence-corrected chi connectivity index (χ1v) is 3.66. The number of ketones is 1. The van der Waals surface area contributed by atoms with Gasteiger partial charge in [0.05, 0.1) is 10.6 Å². The highest BCUT2D eigenvalue weighted by Gasteiger charge is 2.08. The minimum absolute atomic E-state index is 0. The van der Waals surface area contributed by atoms with Crippen LogP contribution in [0.2, 0.25) is 0 Å². The molecular formula is C6H9ClN2OS. The molecule has 0 aliphatic heterocycles. The second kappa shape index (κ2) is 3.69. The summed E-state index contributed by atoms with van der Waals surface area (Å²) in [5.74, 6) is 0.0340. The highest BCUT2D eigenvalue weighted by molar-refractivity contribution is 7.17. The van der Waals surface area contributed by atoms with Crippen LogP contribution in [0.15, 0.2) is 0 Å². The Bertz CT molecular complexity index is 272. The Kier molecular flexibility index (Phi) is 3.48. The van der Waals surface area contributed by atoms with Crippen LogP contribution < -0.4 is 5.73 Å². The molecule has 1 rings (SSSR count). The van der Waals surface area contributed by atoms with Gasteiger partial charge in [-0.3, -0.25) is 4.79 Å². The number of hydrogen-bond donors (Lipinski definition) is 1. The van der Waals surface area contributed by atoms with Crippen molar-refractivity contribution in [2.45, 2.75) is 13.8 Å². The molecule has 0 amide bonds. The molecule has 2 N–H and O–H groups in total. The van der Waals surface area contributed by atoms with Crippen LogP contribution in [0, 0.1) is 6.92 Å². The van der Waals surface area contributed by atoms with E-state index in [-0.39, 0.29) is 18.2 Å². The van der Waals surface area contributed by atoms with Crippen molar-refractivity contribution >= 4 is 34.7 Å². The summed E-state index contributed by atoms with van der Waals surface area (Å²) in [4.78, 5) is 15.4. The number of halogens is 1. The third kappa shape index (κ3) is 2.17. The molecule has 0 bridgehead atoms. The fraction of sp³-hybridized carbons (Fsp3) is 0.333. The number of anilines is 1. The number of rotatable bonds is 1. The number of aromatic nitrogens is 1. The molecule has 0 fully saturated rings. The minimum Gasteiger partial charge on any atom is -0.375 e. The topological polar surface area (TPSA) is 56.0 Å². The van der Waals surface area contributed by atoms with Crippen molar-refractivity contribution in [3.05, 3.63) is 10.6 Å². The van der Waals surface area contributed by atoms with Gasteiger partial charge in [-0.2, -0.15) is 0 Å². The van der Waals surface area contributed by atoms with Gasteiger partial charge in [-0.15, -0.1) is 12.4 Å². The number of nitrogens with zero attached hydrogens (tertiary/aromatic N) is 1. The van der Waals surface area contributed by atoms with Crippen molar-refractivity contribution in [3.8, 4) is 0 Å². The van der Waals surface area contributed by atoms with Gasteiger partial charge in [0.2, 0.25) is 0 Å². The first-order valence-electron chi connectivity index (χ1n) is 2.85. The number of hydrogen-bond acceptors (Lipinski definition) is 4. The van der Waals surface area contributed by atoms with E-state index in [0.29, 0.717) is 10.0 Å². The minimum atomic E-state index is 0. The number of Topliss-reactive ketones (excluding diaryl/α,β-unsaturated/α-hetero) is 1. The summed E-state index contributed by atoms with van der Waals surface area (Å²) in [5.41, 5.74) is 6.10. The van der Waals surface area contributed by atoms with E-state index >= 15 is 0 Å². The van der Waals surface area contributed by atoms with E-state index in [1.807, 2.05) is 0 Å². The highest BCUT2D eigenvalue weighted by atomic mass is 35.5. The number of nitrogen functional groups attached to an aromatic ring is 1. The fourth-order valence-electron chi connectivity index (χ4n) is 0.744. The van der Waals surface area contributed by atoms with Gasteiger partial charge in [-0.1, -0.05) is 11.3 Å². The van der Waals surface area contributed by atoms with E-state index in [2.05, 4.69) is 4.98 Å². The quantitative estimate of drug-likeness (QED) is 0.689. The van der Waals surface area contributed by atoms with E-state index in [1.54, 1.807) is 6.92 Å². The first kappa shape index (κ1) is 10.4. The third-order valence-electron chi connectivity index (χ3n) is 1.13. The molecule has 0 spiro atoms. The second-order valence-electron chi connectivity index (χ2n) is 2.02. The Morgan fingerprint density at radius 1 is 1.64 bits per heavy atom. The number of nitrogens with two attached hydrogens (primary N) is 1. The van der Waals surface area contributed by atoms with Crippen LogP contribution in [0.5, 0.6) is 0 Å². The smallest absolute Gasteiger partial charge is 0.180 e. The SMILES string of the molecule is CC(=O)c1sc(N)nc1C.Cl. The molecule has 0 atom stereocenters. The molecular weight excluding hydrogens is 184 g/mol. The predicted molar refractivity (Wildman–Crippen MR) is 48.5 cm³/mol. The Morgan fingerprint density at radius 3 is 2.36 bits per heavy atom. The van der Waals surface area contributed by atoms with E-state index < -0.39 is 0 Å². The van der Waals surface area contributed by atoms with Crippen LogP contribution in [-0.2, 0) is 0 Å². The lowest BCUT2D eigenvalue weighted by molar-refractivity contribution is 0.102. The molecule has 0 aliphatic rings. The summed E-state index contributed by atoms with van der Waals surface area (Å²) in [6.07, 6.45) is 0. The van der Waals surface area contributed by atoms with Crippen molar-refractivity contribution < 1.29 is 4.79 Å². The van der Waals surface area contributed by atoms with E-state index in [9.17, 15) is 4.79 Å². The summed E-state index contributed by atoms with van der Waals surface area (Å²) in [6.45, 7) is 3.30. The zero-order valence-electron chi connectivity index (χ0n) is 6.25. The lowest BCUT2D eigenvalue weighted by Crippen LogP contribution is -1.89. The standard InChI is InChI=1S/C6H8N2OS.ClH/c1-3-5(4(2)9)10-6(7)8-3;/h1-2H3,(H2,7,8);1H. The maximum Gasteiger partial charge on any atom is 0.180 e. The lowest BCUT2D eigenvalue weighted by Gasteiger charge is -1.85. The Hall–Kier alpha value is -0.610. The van der Waals surface area contributed by atoms with Crippen molar-refractivity contribution in [1.29, 1.82) is 0 Å². The number of thiazole rings is 1. The highest BCUT2D eigenvalue weighted by Crippen LogP contribution is 2.19. The average Bonchev–Trinajstić information content (AvgIpc) is 2.10. The Morgan fingerprint density at radius 2 is 2.18 bits per heavy atom. The van der Waals surface area contributed by atoms with Crippen molar-refractivity contribution in [1.82, 2.24) is 4.98 Å². The maximum absolute atomic E-state index is 10.8. The Balaban J connectivity index is 0.000001000. The van der Waals surface area contributed by atoms with Gasteiger partial charge in [0, 0.05) is 6.92 Å². The van der Waals surface area contributed by atoms with Crippen LogP contribution in [0.1, 0.15) is 22.3 Å². The van der Waals surface area contributed by atoms with Gasteiger partial charge >= 0.3 is 0 Å². The summed E-state index contributed by atoms with van der Waals surface area (Å²) in [6, 6.07) is 0. The summed E-state index contributed by atoms with van der Waals surface area (Å²) >= 11 is 1.24. The van der Waals surface area contributed by atoms with E-state index in [4.69, 9.17) is 5.73 Å². The molecule has 0 unspecified atom stereocenters. The van der Waals surface area contributed by atoms with Crippen LogP contribution in [0.4, 0.5) is 5.13 Å². The van der Waals surface area contributed by atoms with Crippen molar-refractivity contribution in [2.75, 3.05) is 5.73 Å². The van der Waals surface area contributed by atoms with Crippen LogP contribution in [0.3, 0.4) is 0 Å². The van der Waals surface area contributed by atoms with Crippen LogP contribution in [-0.4, -0.2) is 10.8 Å². The number of carbonyl (C=O) groups excluding carboxylic acids is 1.